The number of ketones is 1. The summed E-state index contributed by atoms with van der Waals surface area (Å²) in [5.74, 6) is -4.13. The number of rotatable bonds is 3. The zero-order valence-corrected chi connectivity index (χ0v) is 11.1. The topological polar surface area (TPSA) is 56.5 Å². The summed E-state index contributed by atoms with van der Waals surface area (Å²) < 4.78 is 49.2. The predicted molar refractivity (Wildman–Crippen MR) is 65.3 cm³/mol. The fourth-order valence-electron chi connectivity index (χ4n) is 2.42. The molecule has 114 valence electrons. The van der Waals surface area contributed by atoms with Crippen molar-refractivity contribution in [1.29, 1.82) is 0 Å². The Balaban J connectivity index is 2.47. The molecule has 7 heteroatoms. The van der Waals surface area contributed by atoms with Crippen LogP contribution in [0, 0.1) is 5.92 Å². The van der Waals surface area contributed by atoms with E-state index in [0.717, 1.165) is 0 Å². The molecule has 0 fully saturated rings. The summed E-state index contributed by atoms with van der Waals surface area (Å²) >= 11 is 0. The van der Waals surface area contributed by atoms with Crippen LogP contribution in [0.3, 0.4) is 0 Å². The summed E-state index contributed by atoms with van der Waals surface area (Å²) in [5.41, 5.74) is -1.18. The van der Waals surface area contributed by atoms with Gasteiger partial charge < -0.3 is 9.15 Å². The van der Waals surface area contributed by atoms with E-state index in [0.29, 0.717) is 6.08 Å². The third-order valence-electron chi connectivity index (χ3n) is 3.25. The van der Waals surface area contributed by atoms with E-state index >= 15 is 0 Å². The largest absolute Gasteiger partial charge is 0.469 e. The van der Waals surface area contributed by atoms with Gasteiger partial charge in [-0.2, -0.15) is 13.2 Å². The second-order valence-corrected chi connectivity index (χ2v) is 4.62. The molecule has 0 N–H and O–H groups in total. The number of carbonyl (C=O) groups excluding carboxylic acids is 2. The monoisotopic (exact) mass is 302 g/mol. The zero-order valence-electron chi connectivity index (χ0n) is 11.1. The average Bonchev–Trinajstić information content (AvgIpc) is 2.90. The molecule has 1 aromatic rings. The lowest BCUT2D eigenvalue weighted by atomic mass is 9.76. The maximum absolute atomic E-state index is 13.1. The van der Waals surface area contributed by atoms with Crippen LogP contribution >= 0.6 is 0 Å². The normalized spacial score (nSPS) is 22.9. The van der Waals surface area contributed by atoms with E-state index < -0.39 is 35.3 Å². The zero-order chi connectivity index (χ0) is 15.6. The van der Waals surface area contributed by atoms with Crippen molar-refractivity contribution in [3.8, 4) is 0 Å². The van der Waals surface area contributed by atoms with Crippen LogP contribution in [-0.4, -0.2) is 24.5 Å². The van der Waals surface area contributed by atoms with E-state index in [1.165, 1.54) is 25.3 Å². The molecular weight excluding hydrogens is 289 g/mol. The molecule has 4 nitrogen and oxygen atoms in total. The summed E-state index contributed by atoms with van der Waals surface area (Å²) in [7, 11) is 0. The molecular formula is C14H13F3O4. The minimum Gasteiger partial charge on any atom is -0.469 e. The van der Waals surface area contributed by atoms with Crippen molar-refractivity contribution in [3.63, 3.8) is 0 Å². The van der Waals surface area contributed by atoms with E-state index in [-0.39, 0.29) is 18.8 Å². The maximum Gasteiger partial charge on any atom is 0.413 e. The first-order valence-corrected chi connectivity index (χ1v) is 6.36. The first-order chi connectivity index (χ1) is 9.84. The van der Waals surface area contributed by atoms with Crippen molar-refractivity contribution in [2.24, 2.45) is 5.92 Å². The number of alkyl halides is 3. The van der Waals surface area contributed by atoms with Crippen LogP contribution in [0.25, 0.3) is 0 Å². The van der Waals surface area contributed by atoms with Crippen LogP contribution in [-0.2, 0) is 14.3 Å². The van der Waals surface area contributed by atoms with Crippen LogP contribution in [0.15, 0.2) is 34.5 Å². The Labute approximate surface area is 118 Å². The Hall–Kier alpha value is -2.05. The van der Waals surface area contributed by atoms with Crippen molar-refractivity contribution >= 4 is 11.8 Å². The smallest absolute Gasteiger partial charge is 0.413 e. The van der Waals surface area contributed by atoms with E-state index in [2.05, 4.69) is 0 Å². The molecule has 2 unspecified atom stereocenters. The molecule has 0 spiro atoms. The molecule has 1 aliphatic rings. The molecule has 0 aromatic carbocycles. The Morgan fingerprint density at radius 2 is 2.19 bits per heavy atom. The number of esters is 1. The third-order valence-corrected chi connectivity index (χ3v) is 3.25. The third kappa shape index (κ3) is 3.17. The van der Waals surface area contributed by atoms with Crippen LogP contribution in [0.4, 0.5) is 13.2 Å². The highest BCUT2D eigenvalue weighted by molar-refractivity contribution is 5.95. The number of carbonyl (C=O) groups is 2. The van der Waals surface area contributed by atoms with Gasteiger partial charge in [0.15, 0.2) is 5.78 Å². The summed E-state index contributed by atoms with van der Waals surface area (Å²) in [5, 5.41) is 0. The van der Waals surface area contributed by atoms with Crippen molar-refractivity contribution in [2.75, 3.05) is 6.61 Å². The fraction of sp³-hybridized carbons (Fsp3) is 0.429. The Morgan fingerprint density at radius 3 is 2.71 bits per heavy atom. The van der Waals surface area contributed by atoms with Crippen molar-refractivity contribution in [3.05, 3.63) is 35.8 Å². The summed E-state index contributed by atoms with van der Waals surface area (Å²) in [6.07, 6.45) is -3.23. The second-order valence-electron chi connectivity index (χ2n) is 4.62. The van der Waals surface area contributed by atoms with E-state index in [1.807, 2.05) is 0 Å². The Bertz CT molecular complexity index is 557. The lowest BCUT2D eigenvalue weighted by molar-refractivity contribution is -0.154. The first-order valence-electron chi connectivity index (χ1n) is 6.36. The Morgan fingerprint density at radius 1 is 1.48 bits per heavy atom. The van der Waals surface area contributed by atoms with Gasteiger partial charge in [0.1, 0.15) is 5.76 Å². The number of allylic oxidation sites excluding steroid dienone is 1. The SMILES string of the molecule is CCOC(=O)C1C(C(F)(F)F)=CC(=O)CC1c1ccco1. The maximum atomic E-state index is 13.1. The van der Waals surface area contributed by atoms with Crippen LogP contribution in [0.2, 0.25) is 0 Å². The van der Waals surface area contributed by atoms with Crippen LogP contribution in [0.1, 0.15) is 25.0 Å². The van der Waals surface area contributed by atoms with Gasteiger partial charge in [-0.25, -0.2) is 0 Å². The summed E-state index contributed by atoms with van der Waals surface area (Å²) in [6, 6.07) is 2.94. The lowest BCUT2D eigenvalue weighted by Crippen LogP contribution is -2.36. The molecule has 0 amide bonds. The van der Waals surface area contributed by atoms with Gasteiger partial charge >= 0.3 is 12.1 Å². The number of halogens is 3. The molecule has 0 aliphatic heterocycles. The van der Waals surface area contributed by atoms with Gasteiger partial charge in [0.2, 0.25) is 0 Å². The quantitative estimate of drug-likeness (QED) is 0.805. The van der Waals surface area contributed by atoms with Crippen molar-refractivity contribution < 1.29 is 31.9 Å². The highest BCUT2D eigenvalue weighted by Crippen LogP contribution is 2.44. The number of furan rings is 1. The molecule has 0 bridgehead atoms. The molecule has 2 atom stereocenters. The van der Waals surface area contributed by atoms with Gasteiger partial charge in [0.05, 0.1) is 24.4 Å². The summed E-state index contributed by atoms with van der Waals surface area (Å²) in [6.45, 7) is 1.46. The number of hydrogen-bond donors (Lipinski definition) is 0. The van der Waals surface area contributed by atoms with Crippen LogP contribution < -0.4 is 0 Å². The lowest BCUT2D eigenvalue weighted by Gasteiger charge is -2.30. The standard InChI is InChI=1S/C14H13F3O4/c1-2-20-13(19)12-9(11-4-3-5-21-11)6-8(18)7-10(12)14(15,16)17/h3-5,7,9,12H,2,6H2,1H3. The average molecular weight is 302 g/mol. The number of ether oxygens (including phenoxy) is 1. The second kappa shape index (κ2) is 5.75. The van der Waals surface area contributed by atoms with Gasteiger partial charge in [0.25, 0.3) is 0 Å². The number of hydrogen-bond acceptors (Lipinski definition) is 4. The van der Waals surface area contributed by atoms with E-state index in [1.54, 1.807) is 0 Å². The first kappa shape index (κ1) is 15.3. The molecule has 1 aromatic heterocycles. The van der Waals surface area contributed by atoms with Gasteiger partial charge in [-0.15, -0.1) is 0 Å². The minimum absolute atomic E-state index is 0.0424. The van der Waals surface area contributed by atoms with Gasteiger partial charge in [0, 0.05) is 12.3 Å². The van der Waals surface area contributed by atoms with Gasteiger partial charge in [-0.05, 0) is 25.1 Å². The van der Waals surface area contributed by atoms with Gasteiger partial charge in [-0.1, -0.05) is 0 Å². The molecule has 0 saturated carbocycles. The summed E-state index contributed by atoms with van der Waals surface area (Å²) in [4.78, 5) is 23.5. The van der Waals surface area contributed by atoms with Gasteiger partial charge in [-0.3, -0.25) is 9.59 Å². The molecule has 0 saturated heterocycles. The molecule has 1 heterocycles. The molecule has 0 radical (unpaired) electrons. The predicted octanol–water partition coefficient (Wildman–Crippen LogP) is 3.00. The molecule has 2 rings (SSSR count). The minimum atomic E-state index is -4.78. The highest BCUT2D eigenvalue weighted by Gasteiger charge is 2.50. The molecule has 21 heavy (non-hydrogen) atoms. The van der Waals surface area contributed by atoms with Crippen molar-refractivity contribution in [2.45, 2.75) is 25.4 Å². The highest BCUT2D eigenvalue weighted by atomic mass is 19.4. The van der Waals surface area contributed by atoms with E-state index in [4.69, 9.17) is 9.15 Å². The fourth-order valence-corrected chi connectivity index (χ4v) is 2.42. The van der Waals surface area contributed by atoms with E-state index in [9.17, 15) is 22.8 Å². The Kier molecular flexibility index (Phi) is 4.20. The van der Waals surface area contributed by atoms with Crippen molar-refractivity contribution in [1.82, 2.24) is 0 Å². The van der Waals surface area contributed by atoms with Crippen LogP contribution in [0.5, 0.6) is 0 Å². The molecule has 1 aliphatic carbocycles.